The number of cyclic esters (lactones) is 5. The number of aliphatic hydroxyl groups excluding tert-OH is 2. The van der Waals surface area contributed by atoms with Gasteiger partial charge in [-0.1, -0.05) is 0 Å². The van der Waals surface area contributed by atoms with E-state index in [0.717, 1.165) is 64.3 Å². The van der Waals surface area contributed by atoms with E-state index in [2.05, 4.69) is 53.2 Å². The summed E-state index contributed by atoms with van der Waals surface area (Å²) in [6, 6.07) is 21.3. The molecule has 44 heteroatoms. The number of carbonyl (C=O) groups is 10. The molecule has 2 unspecified atom stereocenters. The summed E-state index contributed by atoms with van der Waals surface area (Å²) in [6.45, 7) is 17.8. The van der Waals surface area contributed by atoms with E-state index < -0.39 is 113 Å². The summed E-state index contributed by atoms with van der Waals surface area (Å²) in [4.78, 5) is 121. The van der Waals surface area contributed by atoms with Crippen LogP contribution in [0.3, 0.4) is 0 Å². The molecule has 5 aromatic rings. The molecule has 0 aliphatic carbocycles. The summed E-state index contributed by atoms with van der Waals surface area (Å²) in [5.74, 6) is -2.50. The molecule has 10 saturated heterocycles. The van der Waals surface area contributed by atoms with Gasteiger partial charge in [-0.05, 0) is 183 Å². The number of hydrogen-bond donors (Lipinski definition) is 14. The molecule has 39 nitrogen and oxygen atoms in total. The first-order chi connectivity index (χ1) is 64.6. The molecule has 0 bridgehead atoms. The van der Waals surface area contributed by atoms with Crippen LogP contribution in [-0.4, -0.2) is 298 Å². The van der Waals surface area contributed by atoms with Gasteiger partial charge in [-0.2, -0.15) is 0 Å². The molecule has 740 valence electrons. The number of amides is 10. The normalized spacial score (nSPS) is 22.4. The summed E-state index contributed by atoms with van der Waals surface area (Å²) >= 11 is 0. The van der Waals surface area contributed by atoms with Crippen LogP contribution < -0.4 is 101 Å². The molecule has 10 amide bonds. The number of rotatable bonds is 33. The lowest BCUT2D eigenvalue weighted by Gasteiger charge is -2.36. The van der Waals surface area contributed by atoms with Crippen molar-refractivity contribution in [2.45, 2.75) is 146 Å². The average molecular weight is 1910 g/mol. The van der Waals surface area contributed by atoms with Gasteiger partial charge in [0.25, 0.3) is 0 Å². The summed E-state index contributed by atoms with van der Waals surface area (Å²) in [7, 11) is 0. The molecule has 15 rings (SSSR count). The van der Waals surface area contributed by atoms with E-state index >= 15 is 0 Å². The first-order valence-corrected chi connectivity index (χ1v) is 45.2. The molecular weight excluding hydrogens is 1780 g/mol. The van der Waals surface area contributed by atoms with Crippen molar-refractivity contribution in [3.05, 3.63) is 120 Å². The highest BCUT2D eigenvalue weighted by Crippen LogP contribution is 2.36. The molecule has 14 N–H and O–H groups in total. The minimum Gasteiger partial charge on any atom is -0.491 e. The van der Waals surface area contributed by atoms with Crippen LogP contribution in [0, 0.1) is 46.8 Å². The molecule has 0 saturated carbocycles. The maximum atomic E-state index is 14.5. The lowest BCUT2D eigenvalue weighted by atomic mass is 9.87. The largest absolute Gasteiger partial charge is 0.491 e. The van der Waals surface area contributed by atoms with Gasteiger partial charge in [0.15, 0.2) is 57.8 Å². The third-order valence-electron chi connectivity index (χ3n) is 23.9. The van der Waals surface area contributed by atoms with Crippen molar-refractivity contribution < 1.29 is 138 Å². The summed E-state index contributed by atoms with van der Waals surface area (Å²) in [5.41, 5.74) is -0.416. The van der Waals surface area contributed by atoms with E-state index in [-0.39, 0.29) is 149 Å². The summed E-state index contributed by atoms with van der Waals surface area (Å²) in [5, 5.41) is 69.7. The SMILES string of the molecule is CC(=O)NC[C@H]1CN(c2ccc(OCC3(O)CCNCC3)c(F)c2)C(=O)O1.CC(=O)NC[C@H]1CN(c2ccc(OCC3CNC[C@@H]3O)c(F)c2)C(=O)O1.CC(=O)NC[C@H]1CN(c2ccc(OCCC3CCNC3)c(F)c2)C(=O)O1.CC(=O)NC[C@H]1CN(c2ccc(OCCC3CCNCC3)c(F)c2)C(=O)O1.CC(=O)NC[C@H]1CN(c2ccc(OC[C@H](O)C3(O)CCNCC3)c(F)c2)C(=O)O1. The van der Waals surface area contributed by atoms with Crippen LogP contribution in [-0.2, 0) is 47.7 Å². The molecule has 0 spiro atoms. The van der Waals surface area contributed by atoms with Crippen LogP contribution in [0.5, 0.6) is 28.7 Å². The topological polar surface area (TPSA) is 480 Å². The number of carbonyl (C=O) groups excluding carboxylic acids is 10. The Bertz CT molecular complexity index is 4860. The zero-order valence-electron chi connectivity index (χ0n) is 76.1. The number of hydrogen-bond acceptors (Lipinski definition) is 29. The number of β-amino-alcohol motifs (C(OH)–C–C–N with tert-alkyl or cyclic N) is 1. The van der Waals surface area contributed by atoms with Crippen LogP contribution in [0.15, 0.2) is 91.0 Å². The second-order valence-electron chi connectivity index (χ2n) is 34.4. The molecule has 10 aliphatic rings. The smallest absolute Gasteiger partial charge is 0.414 e. The number of aliphatic hydroxyl groups is 4. The number of piperidine rings is 3. The van der Waals surface area contributed by atoms with Gasteiger partial charge in [0.1, 0.15) is 55.4 Å². The zero-order chi connectivity index (χ0) is 96.9. The maximum Gasteiger partial charge on any atom is 0.414 e. The maximum absolute atomic E-state index is 14.5. The van der Waals surface area contributed by atoms with Crippen molar-refractivity contribution in [2.24, 2.45) is 17.8 Å². The highest BCUT2D eigenvalue weighted by Gasteiger charge is 2.41. The van der Waals surface area contributed by atoms with Crippen LogP contribution in [0.25, 0.3) is 0 Å². The van der Waals surface area contributed by atoms with E-state index in [1.54, 1.807) is 30.3 Å². The Kier molecular flexibility index (Phi) is 38.4. The third kappa shape index (κ3) is 31.3. The predicted molar refractivity (Wildman–Crippen MR) is 479 cm³/mol. The standard InChI is InChI=1S/C19H26FN3O6.C19H26FN3O4.C18H24FN3O5.C18H24FN3O4.C17H22FN3O5/c1-12(24)22-9-14-10-23(18(26)29-14)13-2-3-16(15(20)8-13)28-11-17(25)19(27)4-6-21-7-5-19;1-13(24)22-11-16-12-23(19(25)27-16)15-2-3-18(17(20)10-15)26-9-6-14-4-7-21-8-5-14;1-12(23)21-9-14-10-22(17(24)27-14)13-2-3-16(15(19)8-13)26-11-18(25)4-6-20-7-5-18;1-12(23)21-10-15-11-22(18(24)26-15)14-2-3-17(16(19)8-14)25-7-5-13-4-6-20-9-13;1-10(22)20-6-13-8-21(17(24)26-13)12-2-3-16(14(18)4-12)25-9-11-5-19-7-15(11)23/h2-3,8,14,17,21,25,27H,4-7,9-11H2,1H3,(H,22,24);2-3,10,14,16,21H,4-9,11-12H2,1H3,(H,22,24);2-3,8,14,20,25H,4-7,9-11H2,1H3,(H,21,23);2-3,8,13,15,20H,4-7,9-11H2,1H3,(H,21,23);2-4,11,13,15,19,23H,5-9H2,1H3,(H,20,22)/t14-,17-;16-;14-;13?,15-;11?,13-,15-/m00000/s1. The lowest BCUT2D eigenvalue weighted by molar-refractivity contribution is -0.120. The monoisotopic (exact) mass is 1900 g/mol. The number of benzene rings is 5. The molecule has 10 aliphatic heterocycles. The van der Waals surface area contributed by atoms with Crippen LogP contribution >= 0.6 is 0 Å². The highest BCUT2D eigenvalue weighted by molar-refractivity contribution is 5.93. The van der Waals surface area contributed by atoms with E-state index in [9.17, 15) is 90.3 Å². The van der Waals surface area contributed by atoms with Crippen LogP contribution in [0.2, 0.25) is 0 Å². The van der Waals surface area contributed by atoms with Crippen molar-refractivity contribution in [3.63, 3.8) is 0 Å². The van der Waals surface area contributed by atoms with Crippen molar-refractivity contribution >= 4 is 88.4 Å². The minimum atomic E-state index is -1.26. The first kappa shape index (κ1) is 104. The van der Waals surface area contributed by atoms with Crippen molar-refractivity contribution in [2.75, 3.05) is 188 Å². The van der Waals surface area contributed by atoms with E-state index in [4.69, 9.17) is 47.4 Å². The van der Waals surface area contributed by atoms with Gasteiger partial charge >= 0.3 is 30.5 Å². The third-order valence-corrected chi connectivity index (χ3v) is 23.9. The Morgan fingerprint density at radius 1 is 0.400 bits per heavy atom. The second kappa shape index (κ2) is 50.1. The average Bonchev–Trinajstić information content (AvgIpc) is 1.71. The second-order valence-corrected chi connectivity index (χ2v) is 34.4. The molecule has 10 heterocycles. The number of nitrogens with one attached hydrogen (secondary N) is 10. The van der Waals surface area contributed by atoms with Crippen molar-refractivity contribution in [1.82, 2.24) is 53.2 Å². The van der Waals surface area contributed by atoms with E-state index in [1.165, 1.54) is 114 Å². The van der Waals surface area contributed by atoms with Gasteiger partial charge < -0.3 is 121 Å². The van der Waals surface area contributed by atoms with Gasteiger partial charge in [-0.15, -0.1) is 0 Å². The van der Waals surface area contributed by atoms with Crippen molar-refractivity contribution in [1.29, 1.82) is 0 Å². The summed E-state index contributed by atoms with van der Waals surface area (Å²) in [6.07, 6.45) is 0.0607. The summed E-state index contributed by atoms with van der Waals surface area (Å²) < 4.78 is 125. The number of halogens is 5. The Morgan fingerprint density at radius 3 is 1.02 bits per heavy atom. The Balaban J connectivity index is 0.000000162. The minimum absolute atomic E-state index is 0.00942. The first-order valence-electron chi connectivity index (χ1n) is 45.2. The van der Waals surface area contributed by atoms with E-state index in [0.29, 0.717) is 118 Å². The van der Waals surface area contributed by atoms with Gasteiger partial charge in [0, 0.05) is 84.0 Å². The fourth-order valence-corrected chi connectivity index (χ4v) is 16.0. The van der Waals surface area contributed by atoms with Gasteiger partial charge in [-0.3, -0.25) is 48.5 Å². The van der Waals surface area contributed by atoms with Gasteiger partial charge in [0.05, 0.1) is 125 Å². The Morgan fingerprint density at radius 2 is 0.704 bits per heavy atom. The molecule has 9 atom stereocenters. The fourth-order valence-electron chi connectivity index (χ4n) is 16.0. The molecular formula is C91H122F5N15O24. The number of nitrogens with zero attached hydrogens (tertiary/aromatic N) is 5. The highest BCUT2D eigenvalue weighted by atomic mass is 19.1. The Hall–Kier alpha value is -11.9. The lowest BCUT2D eigenvalue weighted by Crippen LogP contribution is -2.52. The fraction of sp³-hybridized carbons (Fsp3) is 0.560. The van der Waals surface area contributed by atoms with Gasteiger partial charge in [0.2, 0.25) is 29.5 Å². The van der Waals surface area contributed by atoms with E-state index in [1.807, 2.05) is 0 Å². The Labute approximate surface area is 777 Å². The quantitative estimate of drug-likeness (QED) is 0.0196. The predicted octanol–water partition coefficient (Wildman–Crippen LogP) is 4.89. The van der Waals surface area contributed by atoms with Crippen molar-refractivity contribution in [3.8, 4) is 28.7 Å². The van der Waals surface area contributed by atoms with Crippen LogP contribution in [0.4, 0.5) is 74.4 Å². The number of anilines is 5. The number of ether oxygens (including phenoxy) is 10. The molecule has 0 aromatic heterocycles. The molecule has 135 heavy (non-hydrogen) atoms. The van der Waals surface area contributed by atoms with Crippen LogP contribution in [0.1, 0.15) is 92.4 Å². The molecule has 10 fully saturated rings. The van der Waals surface area contributed by atoms with Gasteiger partial charge in [-0.25, -0.2) is 45.9 Å². The molecule has 0 radical (unpaired) electrons. The molecule has 5 aromatic carbocycles. The zero-order valence-corrected chi connectivity index (χ0v) is 76.1.